The van der Waals surface area contributed by atoms with Gasteiger partial charge in [-0.1, -0.05) is 5.92 Å². The largest absolute Gasteiger partial charge is 0.480 e. The average molecular weight is 390 g/mol. The second-order valence-electron chi connectivity index (χ2n) is 6.96. The summed E-state index contributed by atoms with van der Waals surface area (Å²) in [7, 11) is 2.87. The normalized spacial score (nSPS) is 18.4. The van der Waals surface area contributed by atoms with E-state index in [2.05, 4.69) is 32.0 Å². The zero-order valence-electron chi connectivity index (χ0n) is 15.9. The maximum absolute atomic E-state index is 13.1. The molecule has 1 saturated carbocycles. The molecule has 0 aromatic carbocycles. The zero-order valence-corrected chi connectivity index (χ0v) is 15.9. The molecule has 0 radical (unpaired) electrons. The van der Waals surface area contributed by atoms with E-state index in [0.29, 0.717) is 23.2 Å². The van der Waals surface area contributed by atoms with E-state index in [1.54, 1.807) is 6.07 Å². The van der Waals surface area contributed by atoms with Gasteiger partial charge in [-0.2, -0.15) is 4.98 Å². The summed E-state index contributed by atoms with van der Waals surface area (Å²) in [5.41, 5.74) is 0.421. The molecule has 2 atom stereocenters. The van der Waals surface area contributed by atoms with Crippen LogP contribution in [-0.2, 0) is 0 Å². The van der Waals surface area contributed by atoms with Crippen molar-refractivity contribution in [1.29, 1.82) is 0 Å². The van der Waals surface area contributed by atoms with Gasteiger partial charge in [0.25, 0.3) is 0 Å². The lowest BCUT2D eigenvalue weighted by Gasteiger charge is -2.10. The SMILES string of the molecule is COc1ncc(-c2cc(C3C[C@@H]3C(F)F)c(C#CC(C)(C)O)nn2)c(OC)n1. The molecule has 9 heteroatoms. The summed E-state index contributed by atoms with van der Waals surface area (Å²) in [5.74, 6) is 4.52. The van der Waals surface area contributed by atoms with Gasteiger partial charge in [0, 0.05) is 12.1 Å². The highest BCUT2D eigenvalue weighted by Gasteiger charge is 2.46. The third-order valence-electron chi connectivity index (χ3n) is 4.26. The lowest BCUT2D eigenvalue weighted by atomic mass is 10.0. The van der Waals surface area contributed by atoms with Crippen LogP contribution in [-0.4, -0.2) is 51.5 Å². The number of ether oxygens (including phenoxy) is 2. The monoisotopic (exact) mass is 390 g/mol. The summed E-state index contributed by atoms with van der Waals surface area (Å²) in [4.78, 5) is 8.15. The van der Waals surface area contributed by atoms with Gasteiger partial charge in [0.05, 0.1) is 19.8 Å². The number of aromatic nitrogens is 4. The van der Waals surface area contributed by atoms with Crippen molar-refractivity contribution < 1.29 is 23.4 Å². The second kappa shape index (κ2) is 7.64. The fourth-order valence-electron chi connectivity index (χ4n) is 2.76. The summed E-state index contributed by atoms with van der Waals surface area (Å²) in [6.45, 7) is 3.06. The molecule has 2 aromatic rings. The van der Waals surface area contributed by atoms with Gasteiger partial charge in [0.15, 0.2) is 0 Å². The van der Waals surface area contributed by atoms with Gasteiger partial charge >= 0.3 is 6.01 Å². The molecule has 1 N–H and O–H groups in total. The van der Waals surface area contributed by atoms with E-state index in [4.69, 9.17) is 9.47 Å². The third kappa shape index (κ3) is 4.34. The topological polar surface area (TPSA) is 90.2 Å². The van der Waals surface area contributed by atoms with Crippen LogP contribution in [0.25, 0.3) is 11.3 Å². The maximum atomic E-state index is 13.1. The van der Waals surface area contributed by atoms with Crippen LogP contribution in [0.5, 0.6) is 11.9 Å². The van der Waals surface area contributed by atoms with Crippen molar-refractivity contribution in [3.8, 4) is 35.0 Å². The van der Waals surface area contributed by atoms with Crippen LogP contribution in [0.2, 0.25) is 0 Å². The molecular weight excluding hydrogens is 370 g/mol. The minimum atomic E-state index is -2.42. The van der Waals surface area contributed by atoms with E-state index in [-0.39, 0.29) is 23.5 Å². The molecular formula is C19H20F2N4O3. The Hall–Kier alpha value is -2.86. The molecule has 7 nitrogen and oxygen atoms in total. The van der Waals surface area contributed by atoms with Gasteiger partial charge < -0.3 is 14.6 Å². The van der Waals surface area contributed by atoms with Crippen LogP contribution in [0.4, 0.5) is 8.78 Å². The Morgan fingerprint density at radius 2 is 2.00 bits per heavy atom. The highest BCUT2D eigenvalue weighted by molar-refractivity contribution is 5.65. The Labute approximate surface area is 161 Å². The van der Waals surface area contributed by atoms with Crippen LogP contribution >= 0.6 is 0 Å². The zero-order chi connectivity index (χ0) is 20.5. The third-order valence-corrected chi connectivity index (χ3v) is 4.26. The molecule has 0 amide bonds. The summed E-state index contributed by atoms with van der Waals surface area (Å²) >= 11 is 0. The molecule has 28 heavy (non-hydrogen) atoms. The smallest absolute Gasteiger partial charge is 0.319 e. The molecule has 2 aromatic heterocycles. The van der Waals surface area contributed by atoms with Crippen LogP contribution in [0, 0.1) is 17.8 Å². The van der Waals surface area contributed by atoms with Crippen molar-refractivity contribution in [3.63, 3.8) is 0 Å². The first-order valence-electron chi connectivity index (χ1n) is 8.60. The first-order chi connectivity index (χ1) is 13.2. The van der Waals surface area contributed by atoms with Crippen LogP contribution < -0.4 is 9.47 Å². The number of nitrogens with zero attached hydrogens (tertiary/aromatic N) is 4. The summed E-state index contributed by atoms with van der Waals surface area (Å²) in [6.07, 6.45) is -0.607. The number of halogens is 2. The Kier molecular flexibility index (Phi) is 5.42. The molecule has 148 valence electrons. The van der Waals surface area contributed by atoms with Crippen molar-refractivity contribution in [3.05, 3.63) is 23.5 Å². The Balaban J connectivity index is 2.07. The van der Waals surface area contributed by atoms with E-state index < -0.39 is 17.9 Å². The first kappa shape index (κ1) is 19.9. The lowest BCUT2D eigenvalue weighted by Crippen LogP contribution is -2.14. The van der Waals surface area contributed by atoms with Crippen molar-refractivity contribution in [2.24, 2.45) is 5.92 Å². The van der Waals surface area contributed by atoms with Crippen LogP contribution in [0.15, 0.2) is 12.3 Å². The molecule has 1 unspecified atom stereocenters. The Morgan fingerprint density at radius 3 is 2.57 bits per heavy atom. The molecule has 0 spiro atoms. The number of aliphatic hydroxyl groups is 1. The summed E-state index contributed by atoms with van der Waals surface area (Å²) in [6, 6.07) is 1.78. The van der Waals surface area contributed by atoms with Gasteiger partial charge in [0.2, 0.25) is 12.3 Å². The second-order valence-corrected chi connectivity index (χ2v) is 6.96. The van der Waals surface area contributed by atoms with Crippen molar-refractivity contribution >= 4 is 0 Å². The predicted molar refractivity (Wildman–Crippen MR) is 96.2 cm³/mol. The van der Waals surface area contributed by atoms with E-state index in [9.17, 15) is 13.9 Å². The molecule has 1 aliphatic rings. The van der Waals surface area contributed by atoms with E-state index in [1.807, 2.05) is 0 Å². The predicted octanol–water partition coefficient (Wildman–Crippen LogP) is 2.44. The number of rotatable bonds is 5. The number of alkyl halides is 2. The first-order valence-corrected chi connectivity index (χ1v) is 8.60. The van der Waals surface area contributed by atoms with Gasteiger partial charge in [0.1, 0.15) is 17.0 Å². The minimum Gasteiger partial charge on any atom is -0.480 e. The molecule has 0 bridgehead atoms. The summed E-state index contributed by atoms with van der Waals surface area (Å²) in [5, 5.41) is 18.1. The molecule has 1 fully saturated rings. The van der Waals surface area contributed by atoms with Crippen molar-refractivity contribution in [2.45, 2.75) is 38.2 Å². The highest BCUT2D eigenvalue weighted by Crippen LogP contribution is 2.52. The molecule has 1 aliphatic carbocycles. The number of hydrogen-bond acceptors (Lipinski definition) is 7. The summed E-state index contributed by atoms with van der Waals surface area (Å²) < 4.78 is 36.5. The number of hydrogen-bond donors (Lipinski definition) is 1. The van der Waals surface area contributed by atoms with E-state index in [0.717, 1.165) is 0 Å². The van der Waals surface area contributed by atoms with Gasteiger partial charge in [-0.15, -0.1) is 10.2 Å². The van der Waals surface area contributed by atoms with E-state index >= 15 is 0 Å². The minimum absolute atomic E-state index is 0.126. The molecule has 0 aliphatic heterocycles. The van der Waals surface area contributed by atoms with Gasteiger partial charge in [-0.05, 0) is 43.7 Å². The van der Waals surface area contributed by atoms with Crippen LogP contribution in [0.3, 0.4) is 0 Å². The Bertz CT molecular complexity index is 935. The van der Waals surface area contributed by atoms with Crippen LogP contribution in [0.1, 0.15) is 37.4 Å². The van der Waals surface area contributed by atoms with Gasteiger partial charge in [-0.3, -0.25) is 0 Å². The fourth-order valence-corrected chi connectivity index (χ4v) is 2.76. The van der Waals surface area contributed by atoms with Crippen molar-refractivity contribution in [2.75, 3.05) is 14.2 Å². The molecule has 3 rings (SSSR count). The standard InChI is InChI=1S/C19H20F2N4O3/c1-19(2,26)6-5-14-11(10-7-12(10)16(20)21)8-15(25-24-14)13-9-22-18(28-4)23-17(13)27-3/h8-10,12,16,26H,7H2,1-4H3/t10?,12-/m0/s1. The quantitative estimate of drug-likeness (QED) is 0.784. The average Bonchev–Trinajstić information content (AvgIpc) is 3.46. The fraction of sp³-hybridized carbons (Fsp3) is 0.474. The highest BCUT2D eigenvalue weighted by atomic mass is 19.3. The van der Waals surface area contributed by atoms with E-state index in [1.165, 1.54) is 34.3 Å². The van der Waals surface area contributed by atoms with Gasteiger partial charge in [-0.25, -0.2) is 13.8 Å². The molecule has 2 heterocycles. The molecule has 0 saturated heterocycles. The Morgan fingerprint density at radius 1 is 1.25 bits per heavy atom. The maximum Gasteiger partial charge on any atom is 0.319 e. The lowest BCUT2D eigenvalue weighted by molar-refractivity contribution is 0.120. The van der Waals surface area contributed by atoms with Crippen molar-refractivity contribution in [1.82, 2.24) is 20.2 Å². The number of methoxy groups -OCH3 is 2.